The van der Waals surface area contributed by atoms with Crippen LogP contribution in [-0.2, 0) is 20.7 Å². The molecule has 23 heavy (non-hydrogen) atoms. The molecule has 4 atom stereocenters. The van der Waals surface area contributed by atoms with Gasteiger partial charge in [0.1, 0.15) is 0 Å². The summed E-state index contributed by atoms with van der Waals surface area (Å²) in [4.78, 5) is 12.3. The van der Waals surface area contributed by atoms with Crippen LogP contribution in [0.25, 0.3) is 0 Å². The summed E-state index contributed by atoms with van der Waals surface area (Å²) in [5.74, 6) is -2.14. The van der Waals surface area contributed by atoms with Crippen molar-refractivity contribution < 1.29 is 28.8 Å². The van der Waals surface area contributed by atoms with Gasteiger partial charge in [-0.3, -0.25) is 4.79 Å². The summed E-state index contributed by atoms with van der Waals surface area (Å²) in [7, 11) is 3.14. The number of benzene rings is 1. The van der Waals surface area contributed by atoms with Crippen LogP contribution in [0.2, 0.25) is 0 Å². The van der Waals surface area contributed by atoms with E-state index in [1.165, 1.54) is 0 Å². The van der Waals surface area contributed by atoms with E-state index in [-0.39, 0.29) is 12.5 Å². The zero-order valence-corrected chi connectivity index (χ0v) is 13.8. The van der Waals surface area contributed by atoms with E-state index >= 15 is 0 Å². The predicted molar refractivity (Wildman–Crippen MR) is 81.3 cm³/mol. The Morgan fingerprint density at radius 3 is 2.57 bits per heavy atom. The number of hydrogen-bond acceptors (Lipinski definition) is 6. The molecule has 1 heterocycles. The Labute approximate surface area is 135 Å². The topological polar surface area (TPSA) is 74.2 Å². The van der Waals surface area contributed by atoms with Crippen LogP contribution in [0.1, 0.15) is 30.9 Å². The second kappa shape index (κ2) is 5.69. The zero-order chi connectivity index (χ0) is 16.8. The molecule has 0 aromatic heterocycles. The van der Waals surface area contributed by atoms with E-state index in [2.05, 4.69) is 0 Å². The fourth-order valence-electron chi connectivity index (χ4n) is 3.79. The van der Waals surface area contributed by atoms with Crippen molar-refractivity contribution in [2.24, 2.45) is 11.8 Å². The molecule has 1 N–H and O–H groups in total. The lowest BCUT2D eigenvalue weighted by molar-refractivity contribution is -0.334. The maximum absolute atomic E-state index is 12.3. The monoisotopic (exact) mass is 322 g/mol. The first-order valence-corrected chi connectivity index (χ1v) is 7.79. The SMILES string of the molecule is CCO[C@]1(O)OC(=O)[C@@H]2[C@H](C)Cc3cc(OC)c(OC)cc3[C@H]21. The van der Waals surface area contributed by atoms with Gasteiger partial charge >= 0.3 is 11.9 Å². The van der Waals surface area contributed by atoms with Crippen LogP contribution in [0.4, 0.5) is 0 Å². The normalized spacial score (nSPS) is 32.0. The molecule has 1 saturated heterocycles. The summed E-state index contributed by atoms with van der Waals surface area (Å²) in [5.41, 5.74) is 1.82. The average molecular weight is 322 g/mol. The van der Waals surface area contributed by atoms with Gasteiger partial charge < -0.3 is 24.1 Å². The minimum Gasteiger partial charge on any atom is -0.493 e. The molecule has 1 aromatic carbocycles. The highest BCUT2D eigenvalue weighted by Crippen LogP contribution is 2.53. The molecule has 126 valence electrons. The fourth-order valence-corrected chi connectivity index (χ4v) is 3.79. The Kier molecular flexibility index (Phi) is 3.98. The van der Waals surface area contributed by atoms with E-state index in [1.54, 1.807) is 21.1 Å². The molecular formula is C17H22O6. The van der Waals surface area contributed by atoms with E-state index in [0.717, 1.165) is 11.1 Å². The Hall–Kier alpha value is -1.79. The maximum Gasteiger partial charge on any atom is 0.334 e. The van der Waals surface area contributed by atoms with Gasteiger partial charge in [-0.15, -0.1) is 0 Å². The lowest BCUT2D eigenvalue weighted by Gasteiger charge is -2.35. The van der Waals surface area contributed by atoms with Gasteiger partial charge in [-0.25, -0.2) is 0 Å². The van der Waals surface area contributed by atoms with Crippen LogP contribution < -0.4 is 9.47 Å². The van der Waals surface area contributed by atoms with Gasteiger partial charge in [0.05, 0.1) is 32.7 Å². The minimum atomic E-state index is -1.93. The molecule has 6 heteroatoms. The van der Waals surface area contributed by atoms with Crippen LogP contribution in [0, 0.1) is 11.8 Å². The van der Waals surface area contributed by atoms with Crippen molar-refractivity contribution in [3.63, 3.8) is 0 Å². The highest BCUT2D eigenvalue weighted by molar-refractivity contribution is 5.78. The third kappa shape index (κ3) is 2.37. The predicted octanol–water partition coefficient (Wildman–Crippen LogP) is 1.84. The number of carbonyl (C=O) groups is 1. The zero-order valence-electron chi connectivity index (χ0n) is 13.8. The van der Waals surface area contributed by atoms with Crippen LogP contribution in [0.3, 0.4) is 0 Å². The molecular weight excluding hydrogens is 300 g/mol. The van der Waals surface area contributed by atoms with Gasteiger partial charge in [-0.1, -0.05) is 6.92 Å². The molecule has 0 bridgehead atoms. The summed E-state index contributed by atoms with van der Waals surface area (Å²) < 4.78 is 21.3. The average Bonchev–Trinajstić information content (AvgIpc) is 2.78. The van der Waals surface area contributed by atoms with Crippen molar-refractivity contribution >= 4 is 5.97 Å². The first kappa shape index (κ1) is 16.1. The van der Waals surface area contributed by atoms with Gasteiger partial charge in [-0.05, 0) is 42.5 Å². The number of rotatable bonds is 4. The minimum absolute atomic E-state index is 0.0348. The van der Waals surface area contributed by atoms with E-state index in [4.69, 9.17) is 18.9 Å². The second-order valence-electron chi connectivity index (χ2n) is 6.08. The van der Waals surface area contributed by atoms with Crippen LogP contribution in [0.5, 0.6) is 11.5 Å². The number of aliphatic hydroxyl groups is 1. The molecule has 1 fully saturated rings. The number of hydrogen-bond donors (Lipinski definition) is 1. The van der Waals surface area contributed by atoms with Crippen LogP contribution in [0.15, 0.2) is 12.1 Å². The molecule has 0 amide bonds. The molecule has 6 nitrogen and oxygen atoms in total. The molecule has 0 unspecified atom stereocenters. The summed E-state index contributed by atoms with van der Waals surface area (Å²) in [5, 5.41) is 10.8. The molecule has 0 saturated carbocycles. The first-order chi connectivity index (χ1) is 10.9. The lowest BCUT2D eigenvalue weighted by atomic mass is 9.69. The molecule has 1 aromatic rings. The fraction of sp³-hybridized carbons (Fsp3) is 0.588. The number of methoxy groups -OCH3 is 2. The molecule has 0 spiro atoms. The van der Waals surface area contributed by atoms with Crippen LogP contribution in [-0.4, -0.2) is 37.9 Å². The van der Waals surface area contributed by atoms with Crippen molar-refractivity contribution in [3.05, 3.63) is 23.3 Å². The van der Waals surface area contributed by atoms with E-state index in [0.29, 0.717) is 17.9 Å². The molecule has 0 radical (unpaired) electrons. The summed E-state index contributed by atoms with van der Waals surface area (Å²) >= 11 is 0. The smallest absolute Gasteiger partial charge is 0.334 e. The summed E-state index contributed by atoms with van der Waals surface area (Å²) in [6.07, 6.45) is 0.703. The third-order valence-electron chi connectivity index (χ3n) is 4.76. The van der Waals surface area contributed by atoms with E-state index in [1.807, 2.05) is 19.1 Å². The highest BCUT2D eigenvalue weighted by atomic mass is 16.8. The second-order valence-corrected chi connectivity index (χ2v) is 6.08. The Morgan fingerprint density at radius 1 is 1.30 bits per heavy atom. The highest BCUT2D eigenvalue weighted by Gasteiger charge is 2.60. The summed E-state index contributed by atoms with van der Waals surface area (Å²) in [6, 6.07) is 3.71. The van der Waals surface area contributed by atoms with Crippen molar-refractivity contribution in [2.75, 3.05) is 20.8 Å². The third-order valence-corrected chi connectivity index (χ3v) is 4.76. The first-order valence-electron chi connectivity index (χ1n) is 7.79. The Morgan fingerprint density at radius 2 is 1.96 bits per heavy atom. The van der Waals surface area contributed by atoms with Gasteiger partial charge in [0, 0.05) is 0 Å². The van der Waals surface area contributed by atoms with Gasteiger partial charge in [0.2, 0.25) is 0 Å². The number of fused-ring (bicyclic) bond motifs is 3. The maximum atomic E-state index is 12.3. The number of cyclic esters (lactones) is 1. The lowest BCUT2D eigenvalue weighted by Crippen LogP contribution is -2.41. The quantitative estimate of drug-likeness (QED) is 0.673. The standard InChI is InChI=1S/C17H22O6/c1-5-22-17(19)15-11-8-13(21-4)12(20-3)7-10(11)6-9(2)14(15)16(18)23-17/h7-9,14-15,19H,5-6H2,1-4H3/t9-,14-,15-,17+/m1/s1. The number of carbonyl (C=O) groups excluding carboxylic acids is 1. The number of ether oxygens (including phenoxy) is 4. The molecule has 3 rings (SSSR count). The van der Waals surface area contributed by atoms with Gasteiger partial charge in [-0.2, -0.15) is 0 Å². The van der Waals surface area contributed by atoms with Gasteiger partial charge in [0.25, 0.3) is 0 Å². The Balaban J connectivity index is 2.16. The largest absolute Gasteiger partial charge is 0.493 e. The summed E-state index contributed by atoms with van der Waals surface area (Å²) in [6.45, 7) is 3.97. The van der Waals surface area contributed by atoms with Crippen molar-refractivity contribution in [1.82, 2.24) is 0 Å². The van der Waals surface area contributed by atoms with E-state index in [9.17, 15) is 9.90 Å². The van der Waals surface area contributed by atoms with Gasteiger partial charge in [0.15, 0.2) is 11.5 Å². The van der Waals surface area contributed by atoms with Crippen LogP contribution >= 0.6 is 0 Å². The molecule has 1 aliphatic heterocycles. The molecule has 2 aliphatic rings. The van der Waals surface area contributed by atoms with Crippen molar-refractivity contribution in [3.8, 4) is 11.5 Å². The molecule has 1 aliphatic carbocycles. The van der Waals surface area contributed by atoms with Crippen molar-refractivity contribution in [2.45, 2.75) is 32.2 Å². The number of esters is 1. The van der Waals surface area contributed by atoms with Crippen molar-refractivity contribution in [1.29, 1.82) is 0 Å². The Bertz CT molecular complexity index is 628. The van der Waals surface area contributed by atoms with E-state index < -0.39 is 23.8 Å².